The van der Waals surface area contributed by atoms with Gasteiger partial charge in [0.15, 0.2) is 0 Å². The first-order chi connectivity index (χ1) is 10.7. The first-order valence-electron chi connectivity index (χ1n) is 8.10. The average molecular weight is 300 g/mol. The number of para-hydroxylation sites is 1. The molecule has 0 bridgehead atoms. The van der Waals surface area contributed by atoms with Gasteiger partial charge in [-0.15, -0.1) is 0 Å². The van der Waals surface area contributed by atoms with Gasteiger partial charge in [-0.2, -0.15) is 0 Å². The molecule has 118 valence electrons. The summed E-state index contributed by atoms with van der Waals surface area (Å²) in [5.74, 6) is 0.523. The zero-order valence-electron chi connectivity index (χ0n) is 13.1. The van der Waals surface area contributed by atoms with Gasteiger partial charge in [0.1, 0.15) is 0 Å². The van der Waals surface area contributed by atoms with Crippen molar-refractivity contribution in [3.05, 3.63) is 36.0 Å². The van der Waals surface area contributed by atoms with E-state index in [1.165, 1.54) is 0 Å². The Labute approximate surface area is 131 Å². The van der Waals surface area contributed by atoms with Gasteiger partial charge in [-0.25, -0.2) is 0 Å². The number of rotatable bonds is 4. The van der Waals surface area contributed by atoms with Crippen molar-refractivity contribution >= 4 is 16.8 Å². The molecule has 0 unspecified atom stereocenters. The normalized spacial score (nSPS) is 21.9. The van der Waals surface area contributed by atoms with E-state index in [1.54, 1.807) is 0 Å². The van der Waals surface area contributed by atoms with Crippen molar-refractivity contribution in [1.29, 1.82) is 0 Å². The fraction of sp³-hybridized carbons (Fsp3) is 0.500. The summed E-state index contributed by atoms with van der Waals surface area (Å²) in [5, 5.41) is 13.5. The molecule has 0 radical (unpaired) electrons. The molecule has 0 saturated heterocycles. The SMILES string of the molecule is Cn1cc(CC(=O)NC2CCC(CO)CC2)c2ccccc21. The van der Waals surface area contributed by atoms with E-state index in [2.05, 4.69) is 22.0 Å². The van der Waals surface area contributed by atoms with Crippen LogP contribution in [0.2, 0.25) is 0 Å². The van der Waals surface area contributed by atoms with E-state index in [4.69, 9.17) is 5.11 Å². The number of hydrogen-bond donors (Lipinski definition) is 2. The van der Waals surface area contributed by atoms with Gasteiger partial charge < -0.3 is 15.0 Å². The summed E-state index contributed by atoms with van der Waals surface area (Å²) in [6.45, 7) is 0.274. The fourth-order valence-corrected chi connectivity index (χ4v) is 3.51. The minimum atomic E-state index is 0.101. The summed E-state index contributed by atoms with van der Waals surface area (Å²) in [6.07, 6.45) is 6.46. The summed E-state index contributed by atoms with van der Waals surface area (Å²) in [6, 6.07) is 8.45. The molecule has 3 rings (SSSR count). The molecule has 0 spiro atoms. The summed E-state index contributed by atoms with van der Waals surface area (Å²) in [7, 11) is 2.01. The number of aliphatic hydroxyl groups excluding tert-OH is 1. The molecule has 1 aromatic heterocycles. The number of benzene rings is 1. The van der Waals surface area contributed by atoms with Gasteiger partial charge in [0.05, 0.1) is 6.42 Å². The number of aryl methyl sites for hydroxylation is 1. The maximum absolute atomic E-state index is 12.3. The number of amides is 1. The molecular formula is C18H24N2O2. The molecule has 2 aromatic rings. The summed E-state index contributed by atoms with van der Waals surface area (Å²) >= 11 is 0. The molecule has 1 aliphatic rings. The van der Waals surface area contributed by atoms with Crippen LogP contribution < -0.4 is 5.32 Å². The van der Waals surface area contributed by atoms with Crippen LogP contribution >= 0.6 is 0 Å². The Balaban J connectivity index is 1.62. The first-order valence-corrected chi connectivity index (χ1v) is 8.10. The van der Waals surface area contributed by atoms with E-state index in [0.717, 1.165) is 42.1 Å². The van der Waals surface area contributed by atoms with E-state index in [9.17, 15) is 4.79 Å². The standard InChI is InChI=1S/C18H24N2O2/c1-20-11-14(16-4-2-3-5-17(16)20)10-18(22)19-15-8-6-13(12-21)7-9-15/h2-5,11,13,15,21H,6-10,12H2,1H3,(H,19,22). The van der Waals surface area contributed by atoms with Crippen LogP contribution in [-0.2, 0) is 18.3 Å². The Bertz CT molecular complexity index is 654. The smallest absolute Gasteiger partial charge is 0.224 e. The first kappa shape index (κ1) is 15.1. The minimum absolute atomic E-state index is 0.101. The third-order valence-electron chi connectivity index (χ3n) is 4.80. The van der Waals surface area contributed by atoms with E-state index in [0.29, 0.717) is 12.3 Å². The lowest BCUT2D eigenvalue weighted by atomic mass is 9.86. The van der Waals surface area contributed by atoms with Gasteiger partial charge in [-0.3, -0.25) is 4.79 Å². The lowest BCUT2D eigenvalue weighted by Gasteiger charge is -2.27. The third-order valence-corrected chi connectivity index (χ3v) is 4.80. The number of fused-ring (bicyclic) bond motifs is 1. The van der Waals surface area contributed by atoms with Crippen LogP contribution in [0, 0.1) is 5.92 Å². The molecule has 1 heterocycles. The largest absolute Gasteiger partial charge is 0.396 e. The molecular weight excluding hydrogens is 276 g/mol. The summed E-state index contributed by atoms with van der Waals surface area (Å²) < 4.78 is 2.07. The van der Waals surface area contributed by atoms with Crippen molar-refractivity contribution in [3.63, 3.8) is 0 Å². The zero-order chi connectivity index (χ0) is 15.5. The van der Waals surface area contributed by atoms with Gasteiger partial charge in [0.25, 0.3) is 0 Å². The maximum Gasteiger partial charge on any atom is 0.224 e. The van der Waals surface area contributed by atoms with Crippen LogP contribution in [0.4, 0.5) is 0 Å². The number of hydrogen-bond acceptors (Lipinski definition) is 2. The third kappa shape index (κ3) is 3.17. The topological polar surface area (TPSA) is 54.3 Å². The van der Waals surface area contributed by atoms with Crippen LogP contribution in [0.5, 0.6) is 0 Å². The molecule has 1 aliphatic carbocycles. The monoisotopic (exact) mass is 300 g/mol. The van der Waals surface area contributed by atoms with Crippen molar-refractivity contribution < 1.29 is 9.90 Å². The number of nitrogens with one attached hydrogen (secondary N) is 1. The fourth-order valence-electron chi connectivity index (χ4n) is 3.51. The number of aliphatic hydroxyl groups is 1. The summed E-state index contributed by atoms with van der Waals surface area (Å²) in [5.41, 5.74) is 2.24. The highest BCUT2D eigenvalue weighted by molar-refractivity contribution is 5.89. The van der Waals surface area contributed by atoms with E-state index in [-0.39, 0.29) is 18.6 Å². The molecule has 4 nitrogen and oxygen atoms in total. The lowest BCUT2D eigenvalue weighted by Crippen LogP contribution is -2.38. The van der Waals surface area contributed by atoms with Gasteiger partial charge >= 0.3 is 0 Å². The number of nitrogens with zero attached hydrogens (tertiary/aromatic N) is 1. The molecule has 4 heteroatoms. The Hall–Kier alpha value is -1.81. The van der Waals surface area contributed by atoms with Crippen molar-refractivity contribution in [1.82, 2.24) is 9.88 Å². The summed E-state index contributed by atoms with van der Waals surface area (Å²) in [4.78, 5) is 12.3. The average Bonchev–Trinajstić information content (AvgIpc) is 2.85. The second kappa shape index (κ2) is 6.53. The Morgan fingerprint density at radius 3 is 2.73 bits per heavy atom. The van der Waals surface area contributed by atoms with Gasteiger partial charge in [0.2, 0.25) is 5.91 Å². The molecule has 22 heavy (non-hydrogen) atoms. The second-order valence-electron chi connectivity index (χ2n) is 6.43. The number of carbonyl (C=O) groups excluding carboxylic acids is 1. The van der Waals surface area contributed by atoms with Crippen LogP contribution in [0.3, 0.4) is 0 Å². The van der Waals surface area contributed by atoms with E-state index in [1.807, 2.05) is 25.4 Å². The zero-order valence-corrected chi connectivity index (χ0v) is 13.1. The van der Waals surface area contributed by atoms with Gasteiger partial charge in [-0.05, 0) is 43.2 Å². The van der Waals surface area contributed by atoms with Crippen molar-refractivity contribution in [2.24, 2.45) is 13.0 Å². The lowest BCUT2D eigenvalue weighted by molar-refractivity contribution is -0.121. The van der Waals surface area contributed by atoms with Crippen molar-refractivity contribution in [2.45, 2.75) is 38.1 Å². The molecule has 1 saturated carbocycles. The minimum Gasteiger partial charge on any atom is -0.396 e. The van der Waals surface area contributed by atoms with Crippen LogP contribution in [0.25, 0.3) is 10.9 Å². The highest BCUT2D eigenvalue weighted by Gasteiger charge is 2.22. The Kier molecular flexibility index (Phi) is 4.48. The van der Waals surface area contributed by atoms with Crippen LogP contribution in [-0.4, -0.2) is 28.2 Å². The molecule has 1 fully saturated rings. The van der Waals surface area contributed by atoms with Crippen molar-refractivity contribution in [3.8, 4) is 0 Å². The Morgan fingerprint density at radius 2 is 2.00 bits per heavy atom. The maximum atomic E-state index is 12.3. The van der Waals surface area contributed by atoms with Crippen molar-refractivity contribution in [2.75, 3.05) is 6.61 Å². The quantitative estimate of drug-likeness (QED) is 0.911. The predicted octanol–water partition coefficient (Wildman–Crippen LogP) is 2.39. The molecule has 2 N–H and O–H groups in total. The van der Waals surface area contributed by atoms with Crippen LogP contribution in [0.15, 0.2) is 30.5 Å². The Morgan fingerprint density at radius 1 is 1.27 bits per heavy atom. The van der Waals surface area contributed by atoms with Gasteiger partial charge in [-0.1, -0.05) is 18.2 Å². The number of aromatic nitrogens is 1. The van der Waals surface area contributed by atoms with Crippen LogP contribution in [0.1, 0.15) is 31.2 Å². The molecule has 0 atom stereocenters. The van der Waals surface area contributed by atoms with Gasteiger partial charge in [0, 0.05) is 36.8 Å². The highest BCUT2D eigenvalue weighted by Crippen LogP contribution is 2.24. The predicted molar refractivity (Wildman–Crippen MR) is 87.6 cm³/mol. The second-order valence-corrected chi connectivity index (χ2v) is 6.43. The van der Waals surface area contributed by atoms with E-state index >= 15 is 0 Å². The highest BCUT2D eigenvalue weighted by atomic mass is 16.3. The molecule has 1 amide bonds. The van der Waals surface area contributed by atoms with E-state index < -0.39 is 0 Å². The number of carbonyl (C=O) groups is 1. The molecule has 0 aliphatic heterocycles. The molecule has 1 aromatic carbocycles.